The highest BCUT2D eigenvalue weighted by Gasteiger charge is 2.07. The van der Waals surface area contributed by atoms with Crippen LogP contribution in [0.2, 0.25) is 0 Å². The van der Waals surface area contributed by atoms with Crippen LogP contribution in [0.25, 0.3) is 0 Å². The zero-order valence-corrected chi connectivity index (χ0v) is 10.6. The topological polar surface area (TPSA) is 35.2 Å². The molecule has 0 radical (unpaired) electrons. The van der Waals surface area contributed by atoms with Crippen LogP contribution in [0.4, 0.5) is 8.78 Å². The smallest absolute Gasteiger partial charge is 0.387 e. The molecule has 0 aliphatic carbocycles. The third-order valence-corrected chi connectivity index (χ3v) is 2.40. The van der Waals surface area contributed by atoms with Crippen molar-refractivity contribution >= 4 is 12.4 Å². The van der Waals surface area contributed by atoms with Crippen molar-refractivity contribution in [2.24, 2.45) is 5.73 Å². The van der Waals surface area contributed by atoms with Crippen LogP contribution < -0.4 is 10.5 Å². The average Bonchev–Trinajstić information content (AvgIpc) is 2.26. The minimum Gasteiger partial charge on any atom is -0.435 e. The molecule has 2 nitrogen and oxygen atoms in total. The summed E-state index contributed by atoms with van der Waals surface area (Å²) in [5, 5.41) is 0. The molecular weight excluding hydrogens is 248 g/mol. The van der Waals surface area contributed by atoms with E-state index in [4.69, 9.17) is 5.73 Å². The minimum atomic E-state index is -2.78. The van der Waals surface area contributed by atoms with Gasteiger partial charge in [0.05, 0.1) is 0 Å². The van der Waals surface area contributed by atoms with Gasteiger partial charge < -0.3 is 10.5 Å². The molecule has 1 atom stereocenters. The minimum absolute atomic E-state index is 0. The second-order valence-electron chi connectivity index (χ2n) is 3.70. The number of hydrogen-bond donors (Lipinski definition) is 1. The summed E-state index contributed by atoms with van der Waals surface area (Å²) >= 11 is 0. The highest BCUT2D eigenvalue weighted by Crippen LogP contribution is 2.21. The van der Waals surface area contributed by atoms with Crippen molar-refractivity contribution in [3.63, 3.8) is 0 Å². The number of ether oxygens (including phenoxy) is 1. The number of unbranched alkanes of at least 4 members (excludes halogenated alkanes) is 1. The second kappa shape index (κ2) is 8.25. The van der Waals surface area contributed by atoms with Crippen LogP contribution in [0.15, 0.2) is 24.3 Å². The summed E-state index contributed by atoms with van der Waals surface area (Å²) in [7, 11) is 0. The number of alkyl halides is 2. The normalized spacial score (nSPS) is 12.1. The van der Waals surface area contributed by atoms with E-state index in [2.05, 4.69) is 11.7 Å². The van der Waals surface area contributed by atoms with Crippen molar-refractivity contribution in [1.82, 2.24) is 0 Å². The van der Waals surface area contributed by atoms with E-state index in [1.807, 2.05) is 0 Å². The molecule has 98 valence electrons. The second-order valence-corrected chi connectivity index (χ2v) is 3.70. The van der Waals surface area contributed by atoms with Crippen molar-refractivity contribution in [3.8, 4) is 5.75 Å². The van der Waals surface area contributed by atoms with Gasteiger partial charge in [0.25, 0.3) is 0 Å². The Balaban J connectivity index is 0.00000256. The van der Waals surface area contributed by atoms with E-state index in [9.17, 15) is 8.78 Å². The predicted octanol–water partition coefficient (Wildman–Crippen LogP) is 3.90. The molecular formula is C12H18ClF2NO. The third kappa shape index (κ3) is 5.84. The zero-order valence-electron chi connectivity index (χ0n) is 9.74. The Labute approximate surface area is 107 Å². The van der Waals surface area contributed by atoms with Gasteiger partial charge in [-0.3, -0.25) is 0 Å². The van der Waals surface area contributed by atoms with Gasteiger partial charge in [0.2, 0.25) is 0 Å². The van der Waals surface area contributed by atoms with E-state index in [0.717, 1.165) is 24.8 Å². The van der Waals surface area contributed by atoms with Gasteiger partial charge in [0.15, 0.2) is 0 Å². The average molecular weight is 266 g/mol. The summed E-state index contributed by atoms with van der Waals surface area (Å²) < 4.78 is 28.1. The fourth-order valence-electron chi connectivity index (χ4n) is 1.49. The van der Waals surface area contributed by atoms with Crippen LogP contribution in [0.5, 0.6) is 5.75 Å². The molecule has 1 aromatic rings. The number of hydrogen-bond acceptors (Lipinski definition) is 2. The lowest BCUT2D eigenvalue weighted by molar-refractivity contribution is -0.0498. The maximum Gasteiger partial charge on any atom is 0.387 e. The summed E-state index contributed by atoms with van der Waals surface area (Å²) in [6, 6.07) is 6.48. The lowest BCUT2D eigenvalue weighted by Crippen LogP contribution is -2.10. The molecule has 0 aliphatic rings. The van der Waals surface area contributed by atoms with Gasteiger partial charge in [0, 0.05) is 6.04 Å². The summed E-state index contributed by atoms with van der Waals surface area (Å²) in [5.41, 5.74) is 6.90. The van der Waals surface area contributed by atoms with Gasteiger partial charge >= 0.3 is 6.61 Å². The van der Waals surface area contributed by atoms with Crippen LogP contribution in [0.3, 0.4) is 0 Å². The van der Waals surface area contributed by atoms with Gasteiger partial charge in [-0.1, -0.05) is 31.9 Å². The lowest BCUT2D eigenvalue weighted by atomic mass is 10.0. The zero-order chi connectivity index (χ0) is 12.0. The lowest BCUT2D eigenvalue weighted by Gasteiger charge is -2.12. The Kier molecular flexibility index (Phi) is 7.83. The van der Waals surface area contributed by atoms with Crippen molar-refractivity contribution in [3.05, 3.63) is 29.8 Å². The van der Waals surface area contributed by atoms with Gasteiger partial charge in [-0.2, -0.15) is 8.78 Å². The quantitative estimate of drug-likeness (QED) is 0.847. The summed E-state index contributed by atoms with van der Waals surface area (Å²) in [4.78, 5) is 0. The first kappa shape index (κ1) is 16.1. The van der Waals surface area contributed by atoms with E-state index in [-0.39, 0.29) is 24.2 Å². The first-order chi connectivity index (χ1) is 7.63. The highest BCUT2D eigenvalue weighted by atomic mass is 35.5. The van der Waals surface area contributed by atoms with Gasteiger partial charge in [0.1, 0.15) is 5.75 Å². The molecule has 0 saturated heterocycles. The standard InChI is InChI=1S/C12H17F2NO.ClH/c1-2-3-4-11(15)9-5-7-10(8-6-9)16-12(13)14;/h5-8,11-12H,2-4,15H2,1H3;1H/t11-;/m0./s1. The molecule has 0 saturated carbocycles. The Hall–Kier alpha value is -0.870. The third-order valence-electron chi connectivity index (χ3n) is 2.40. The van der Waals surface area contributed by atoms with Gasteiger partial charge in [-0.25, -0.2) is 0 Å². The number of nitrogens with two attached hydrogens (primary N) is 1. The highest BCUT2D eigenvalue weighted by molar-refractivity contribution is 5.85. The monoisotopic (exact) mass is 265 g/mol. The van der Waals surface area contributed by atoms with Crippen LogP contribution in [-0.4, -0.2) is 6.61 Å². The van der Waals surface area contributed by atoms with Crippen molar-refractivity contribution in [2.45, 2.75) is 38.8 Å². The number of halogens is 3. The maximum atomic E-state index is 11.9. The van der Waals surface area contributed by atoms with Gasteiger partial charge in [-0.05, 0) is 24.1 Å². The Morgan fingerprint density at radius 2 is 1.82 bits per heavy atom. The Morgan fingerprint density at radius 3 is 2.29 bits per heavy atom. The Bertz CT molecular complexity index is 306. The predicted molar refractivity (Wildman–Crippen MR) is 66.8 cm³/mol. The first-order valence-electron chi connectivity index (χ1n) is 5.43. The van der Waals surface area contributed by atoms with Crippen LogP contribution in [0, 0.1) is 0 Å². The van der Waals surface area contributed by atoms with E-state index >= 15 is 0 Å². The van der Waals surface area contributed by atoms with Crippen molar-refractivity contribution in [1.29, 1.82) is 0 Å². The molecule has 17 heavy (non-hydrogen) atoms. The Morgan fingerprint density at radius 1 is 1.24 bits per heavy atom. The number of rotatable bonds is 6. The van der Waals surface area contributed by atoms with E-state index in [1.54, 1.807) is 12.1 Å². The molecule has 0 unspecified atom stereocenters. The summed E-state index contributed by atoms with van der Waals surface area (Å²) in [6.07, 6.45) is 3.07. The first-order valence-corrected chi connectivity index (χ1v) is 5.43. The molecule has 2 N–H and O–H groups in total. The largest absolute Gasteiger partial charge is 0.435 e. The summed E-state index contributed by atoms with van der Waals surface area (Å²) in [6.45, 7) is -0.675. The molecule has 0 bridgehead atoms. The molecule has 0 amide bonds. The maximum absolute atomic E-state index is 11.9. The van der Waals surface area contributed by atoms with Gasteiger partial charge in [-0.15, -0.1) is 12.4 Å². The molecule has 0 spiro atoms. The molecule has 0 aliphatic heterocycles. The molecule has 5 heteroatoms. The van der Waals surface area contributed by atoms with E-state index in [1.165, 1.54) is 12.1 Å². The van der Waals surface area contributed by atoms with E-state index in [0.29, 0.717) is 0 Å². The number of benzene rings is 1. The molecule has 0 heterocycles. The van der Waals surface area contributed by atoms with Crippen LogP contribution >= 0.6 is 12.4 Å². The molecule has 1 rings (SSSR count). The van der Waals surface area contributed by atoms with Crippen molar-refractivity contribution in [2.75, 3.05) is 0 Å². The molecule has 0 fully saturated rings. The van der Waals surface area contributed by atoms with Crippen LogP contribution in [-0.2, 0) is 0 Å². The van der Waals surface area contributed by atoms with E-state index < -0.39 is 6.61 Å². The summed E-state index contributed by atoms with van der Waals surface area (Å²) in [5.74, 6) is 0.168. The fraction of sp³-hybridized carbons (Fsp3) is 0.500. The van der Waals surface area contributed by atoms with Crippen LogP contribution in [0.1, 0.15) is 37.8 Å². The fourth-order valence-corrected chi connectivity index (χ4v) is 1.49. The SMILES string of the molecule is CCCC[C@H](N)c1ccc(OC(F)F)cc1.Cl. The van der Waals surface area contributed by atoms with Crippen molar-refractivity contribution < 1.29 is 13.5 Å². The molecule has 0 aromatic heterocycles. The molecule has 1 aromatic carbocycles.